The van der Waals surface area contributed by atoms with Gasteiger partial charge in [0.15, 0.2) is 0 Å². The second kappa shape index (κ2) is 8.37. The van der Waals surface area contributed by atoms with E-state index >= 15 is 0 Å². The summed E-state index contributed by atoms with van der Waals surface area (Å²) < 4.78 is 19.7. The Morgan fingerprint density at radius 3 is 2.55 bits per heavy atom. The van der Waals surface area contributed by atoms with Gasteiger partial charge in [-0.25, -0.2) is 4.39 Å². The van der Waals surface area contributed by atoms with E-state index in [0.717, 1.165) is 4.90 Å². The molecule has 0 atom stereocenters. The molecule has 0 unspecified atom stereocenters. The Bertz CT molecular complexity index is 1220. The molecule has 0 N–H and O–H groups in total. The van der Waals surface area contributed by atoms with Gasteiger partial charge in [0, 0.05) is 34.4 Å². The van der Waals surface area contributed by atoms with Gasteiger partial charge in [0.25, 0.3) is 16.8 Å². The molecule has 0 saturated carbocycles. The zero-order valence-electron chi connectivity index (χ0n) is 15.6. The van der Waals surface area contributed by atoms with Gasteiger partial charge in [-0.1, -0.05) is 17.7 Å². The number of imide groups is 1. The summed E-state index contributed by atoms with van der Waals surface area (Å²) in [6, 6.07) is 13.2. The summed E-state index contributed by atoms with van der Waals surface area (Å²) in [6.45, 7) is -0.278. The number of carbonyl (C=O) groups is 2. The van der Waals surface area contributed by atoms with E-state index in [-0.39, 0.29) is 27.7 Å². The highest BCUT2D eigenvalue weighted by atomic mass is 35.5. The maximum atomic E-state index is 14.0. The monoisotopic (exact) mass is 458 g/mol. The number of nitro benzene ring substituents is 1. The molecule has 0 spiro atoms. The summed E-state index contributed by atoms with van der Waals surface area (Å²) in [6.07, 6.45) is 1.42. The van der Waals surface area contributed by atoms with Gasteiger partial charge >= 0.3 is 0 Å². The van der Waals surface area contributed by atoms with Gasteiger partial charge in [0.05, 0.1) is 16.4 Å². The Kier molecular flexibility index (Phi) is 5.62. The second-order valence-corrected chi connectivity index (χ2v) is 7.87. The Labute approximate surface area is 184 Å². The third kappa shape index (κ3) is 4.23. The molecule has 1 aliphatic rings. The number of non-ortho nitro benzene ring substituents is 1. The molecule has 2 amide bonds. The maximum Gasteiger partial charge on any atom is 0.293 e. The highest BCUT2D eigenvalue weighted by Gasteiger charge is 2.36. The van der Waals surface area contributed by atoms with E-state index in [9.17, 15) is 24.1 Å². The number of halogens is 2. The minimum atomic E-state index is -0.602. The first kappa shape index (κ1) is 20.8. The molecule has 1 saturated heterocycles. The Morgan fingerprint density at radius 2 is 1.87 bits per heavy atom. The number of nitrogens with zero attached hydrogens (tertiary/aromatic N) is 2. The largest absolute Gasteiger partial charge is 0.457 e. The molecule has 1 aromatic heterocycles. The standard InChI is InChI=1S/C21H12ClFN2O5S/c22-16-2-1-3-17(23)15(16)11-24-20(26)19(31-21(24)27)10-14-8-9-18(30-14)12-4-6-13(7-5-12)25(28)29/h1-10H,11H2. The van der Waals surface area contributed by atoms with Gasteiger partial charge in [-0.15, -0.1) is 0 Å². The van der Waals surface area contributed by atoms with Crippen molar-refractivity contribution >= 4 is 46.3 Å². The molecule has 3 aromatic rings. The van der Waals surface area contributed by atoms with Crippen LogP contribution in [0.3, 0.4) is 0 Å². The smallest absolute Gasteiger partial charge is 0.293 e. The lowest BCUT2D eigenvalue weighted by Gasteiger charge is -2.14. The molecule has 31 heavy (non-hydrogen) atoms. The molecule has 7 nitrogen and oxygen atoms in total. The SMILES string of the molecule is O=C1SC(=Cc2ccc(-c3ccc([N+](=O)[O-])cc3)o2)C(=O)N1Cc1c(F)cccc1Cl. The molecule has 1 aliphatic heterocycles. The van der Waals surface area contributed by atoms with E-state index in [2.05, 4.69) is 0 Å². The van der Waals surface area contributed by atoms with Crippen molar-refractivity contribution in [3.63, 3.8) is 0 Å². The van der Waals surface area contributed by atoms with E-state index in [0.29, 0.717) is 28.8 Å². The molecule has 0 bridgehead atoms. The van der Waals surface area contributed by atoms with Crippen molar-refractivity contribution in [2.75, 3.05) is 0 Å². The maximum absolute atomic E-state index is 14.0. The number of hydrogen-bond donors (Lipinski definition) is 0. The van der Waals surface area contributed by atoms with Crippen molar-refractivity contribution in [3.05, 3.63) is 91.8 Å². The lowest BCUT2D eigenvalue weighted by molar-refractivity contribution is -0.384. The molecule has 1 fully saturated rings. The summed E-state index contributed by atoms with van der Waals surface area (Å²) >= 11 is 6.71. The third-order valence-electron chi connectivity index (χ3n) is 4.51. The molecule has 4 rings (SSSR count). The summed E-state index contributed by atoms with van der Waals surface area (Å²) in [5, 5.41) is 10.3. The molecule has 0 radical (unpaired) electrons. The zero-order valence-corrected chi connectivity index (χ0v) is 17.2. The van der Waals surface area contributed by atoms with E-state index in [1.807, 2.05) is 0 Å². The molecule has 10 heteroatoms. The average Bonchev–Trinajstić information content (AvgIpc) is 3.30. The van der Waals surface area contributed by atoms with Gasteiger partial charge in [0.1, 0.15) is 17.3 Å². The third-order valence-corrected chi connectivity index (χ3v) is 5.78. The first-order valence-electron chi connectivity index (χ1n) is 8.86. The fraction of sp³-hybridized carbons (Fsp3) is 0.0476. The molecule has 2 heterocycles. The minimum absolute atomic E-state index is 0.0424. The van der Waals surface area contributed by atoms with Crippen molar-refractivity contribution < 1.29 is 23.3 Å². The number of benzene rings is 2. The van der Waals surface area contributed by atoms with E-state index in [4.69, 9.17) is 16.0 Å². The molecule has 2 aromatic carbocycles. The predicted octanol–water partition coefficient (Wildman–Crippen LogP) is 5.88. The first-order chi connectivity index (χ1) is 14.8. The van der Waals surface area contributed by atoms with Gasteiger partial charge in [-0.2, -0.15) is 0 Å². The number of amides is 2. The number of thioether (sulfide) groups is 1. The van der Waals surface area contributed by atoms with E-state index in [1.54, 1.807) is 24.3 Å². The van der Waals surface area contributed by atoms with Gasteiger partial charge in [-0.05, 0) is 48.2 Å². The molecule has 156 valence electrons. The zero-order chi connectivity index (χ0) is 22.1. The van der Waals surface area contributed by atoms with Gasteiger partial charge in [-0.3, -0.25) is 24.6 Å². The quantitative estimate of drug-likeness (QED) is 0.269. The van der Waals surface area contributed by atoms with Gasteiger partial charge in [0.2, 0.25) is 0 Å². The summed E-state index contributed by atoms with van der Waals surface area (Å²) in [5.74, 6) is -0.418. The second-order valence-electron chi connectivity index (χ2n) is 6.47. The van der Waals surface area contributed by atoms with Crippen LogP contribution in [0.2, 0.25) is 5.02 Å². The van der Waals surface area contributed by atoms with Crippen LogP contribution in [0, 0.1) is 15.9 Å². The van der Waals surface area contributed by atoms with E-state index < -0.39 is 21.9 Å². The van der Waals surface area contributed by atoms with Crippen molar-refractivity contribution in [1.29, 1.82) is 0 Å². The van der Waals surface area contributed by atoms with Crippen LogP contribution in [0.4, 0.5) is 14.9 Å². The number of hydrogen-bond acceptors (Lipinski definition) is 6. The van der Waals surface area contributed by atoms with Crippen LogP contribution >= 0.6 is 23.4 Å². The number of carbonyl (C=O) groups excluding carboxylic acids is 2. The minimum Gasteiger partial charge on any atom is -0.457 e. The fourth-order valence-electron chi connectivity index (χ4n) is 2.94. The van der Waals surface area contributed by atoms with Crippen LogP contribution < -0.4 is 0 Å². The predicted molar refractivity (Wildman–Crippen MR) is 114 cm³/mol. The van der Waals surface area contributed by atoms with Crippen molar-refractivity contribution in [1.82, 2.24) is 4.90 Å². The average molecular weight is 459 g/mol. The first-order valence-corrected chi connectivity index (χ1v) is 10.1. The van der Waals surface area contributed by atoms with Crippen LogP contribution in [0.15, 0.2) is 63.9 Å². The summed E-state index contributed by atoms with van der Waals surface area (Å²) in [4.78, 5) is 36.3. The van der Waals surface area contributed by atoms with E-state index in [1.165, 1.54) is 36.4 Å². The molecular formula is C21H12ClFN2O5S. The van der Waals surface area contributed by atoms with Crippen molar-refractivity contribution in [2.45, 2.75) is 6.54 Å². The van der Waals surface area contributed by atoms with Crippen molar-refractivity contribution in [2.24, 2.45) is 0 Å². The Balaban J connectivity index is 1.54. The van der Waals surface area contributed by atoms with Crippen molar-refractivity contribution in [3.8, 4) is 11.3 Å². The normalized spacial score (nSPS) is 15.2. The summed E-state index contributed by atoms with van der Waals surface area (Å²) in [5.41, 5.74) is 0.637. The lowest BCUT2D eigenvalue weighted by atomic mass is 10.1. The van der Waals surface area contributed by atoms with Crippen LogP contribution in [0.1, 0.15) is 11.3 Å². The highest BCUT2D eigenvalue weighted by molar-refractivity contribution is 8.18. The summed E-state index contributed by atoms with van der Waals surface area (Å²) in [7, 11) is 0. The topological polar surface area (TPSA) is 93.7 Å². The molecule has 0 aliphatic carbocycles. The lowest BCUT2D eigenvalue weighted by Crippen LogP contribution is -2.28. The Morgan fingerprint density at radius 1 is 1.13 bits per heavy atom. The number of furan rings is 1. The number of nitro groups is 1. The van der Waals surface area contributed by atoms with Crippen LogP contribution in [0.5, 0.6) is 0 Å². The van der Waals surface area contributed by atoms with Crippen LogP contribution in [0.25, 0.3) is 17.4 Å². The van der Waals surface area contributed by atoms with Crippen LogP contribution in [-0.2, 0) is 11.3 Å². The molecular weight excluding hydrogens is 447 g/mol. The van der Waals surface area contributed by atoms with Gasteiger partial charge < -0.3 is 4.42 Å². The number of rotatable bonds is 5. The fourth-order valence-corrected chi connectivity index (χ4v) is 3.98. The Hall–Kier alpha value is -3.43. The highest BCUT2D eigenvalue weighted by Crippen LogP contribution is 2.35. The van der Waals surface area contributed by atoms with Crippen LogP contribution in [-0.4, -0.2) is 21.0 Å².